The number of anilines is 1. The van der Waals surface area contributed by atoms with Crippen LogP contribution in [0.25, 0.3) is 0 Å². The fourth-order valence-electron chi connectivity index (χ4n) is 2.02. The average molecular weight is 286 g/mol. The molecule has 2 aromatic rings. The first kappa shape index (κ1) is 14.8. The molecule has 0 unspecified atom stereocenters. The normalized spacial score (nSPS) is 10.2. The van der Waals surface area contributed by atoms with Crippen molar-refractivity contribution in [1.29, 1.82) is 0 Å². The van der Waals surface area contributed by atoms with Gasteiger partial charge >= 0.3 is 5.97 Å². The number of pyridine rings is 1. The Kier molecular flexibility index (Phi) is 4.77. The minimum atomic E-state index is -1.02. The van der Waals surface area contributed by atoms with Crippen molar-refractivity contribution < 1.29 is 14.6 Å². The molecular weight excluding hydrogens is 268 g/mol. The summed E-state index contributed by atoms with van der Waals surface area (Å²) in [7, 11) is 1.63. The maximum atomic E-state index is 11.0. The first-order chi connectivity index (χ1) is 10.1. The largest absolute Gasteiger partial charge is 0.497 e. The zero-order chi connectivity index (χ0) is 15.2. The minimum absolute atomic E-state index is 0.0562. The first-order valence-electron chi connectivity index (χ1n) is 6.72. The second-order valence-corrected chi connectivity index (χ2v) is 4.55. The van der Waals surface area contributed by atoms with Crippen LogP contribution in [0.3, 0.4) is 0 Å². The zero-order valence-electron chi connectivity index (χ0n) is 12.1. The fourth-order valence-corrected chi connectivity index (χ4v) is 2.02. The molecule has 0 aliphatic heterocycles. The first-order valence-corrected chi connectivity index (χ1v) is 6.72. The standard InChI is InChI=1S/C16H18N2O3/c1-3-18(11-12-7-9-13(21-2)10-8-12)15-6-4-5-14(17-15)16(19)20/h4-10H,3,11H2,1-2H3,(H,19,20). The SMILES string of the molecule is CCN(Cc1ccc(OC)cc1)c1cccc(C(=O)O)n1. The van der Waals surface area contributed by atoms with E-state index < -0.39 is 5.97 Å². The van der Waals surface area contributed by atoms with Gasteiger partial charge in [-0.3, -0.25) is 0 Å². The van der Waals surface area contributed by atoms with Gasteiger partial charge in [-0.25, -0.2) is 9.78 Å². The van der Waals surface area contributed by atoms with Gasteiger partial charge in [0, 0.05) is 13.1 Å². The number of ether oxygens (including phenoxy) is 1. The second kappa shape index (κ2) is 6.74. The highest BCUT2D eigenvalue weighted by Gasteiger charge is 2.10. The van der Waals surface area contributed by atoms with Crippen molar-refractivity contribution in [3.05, 3.63) is 53.7 Å². The number of methoxy groups -OCH3 is 1. The van der Waals surface area contributed by atoms with E-state index >= 15 is 0 Å². The lowest BCUT2D eigenvalue weighted by molar-refractivity contribution is 0.0690. The van der Waals surface area contributed by atoms with Crippen LogP contribution in [0, 0.1) is 0 Å². The highest BCUT2D eigenvalue weighted by atomic mass is 16.5. The molecule has 5 heteroatoms. The molecule has 0 amide bonds. The Morgan fingerprint density at radius 1 is 1.24 bits per heavy atom. The van der Waals surface area contributed by atoms with E-state index in [0.29, 0.717) is 12.4 Å². The summed E-state index contributed by atoms with van der Waals surface area (Å²) in [5, 5.41) is 9.02. The van der Waals surface area contributed by atoms with Crippen LogP contribution in [0.4, 0.5) is 5.82 Å². The van der Waals surface area contributed by atoms with Gasteiger partial charge < -0.3 is 14.7 Å². The summed E-state index contributed by atoms with van der Waals surface area (Å²) in [5.41, 5.74) is 1.17. The monoisotopic (exact) mass is 286 g/mol. The van der Waals surface area contributed by atoms with Crippen molar-refractivity contribution in [1.82, 2.24) is 4.98 Å². The second-order valence-electron chi connectivity index (χ2n) is 4.55. The number of carbonyl (C=O) groups is 1. The number of benzene rings is 1. The van der Waals surface area contributed by atoms with E-state index in [1.54, 1.807) is 13.2 Å². The lowest BCUT2D eigenvalue weighted by Crippen LogP contribution is -2.23. The van der Waals surface area contributed by atoms with Gasteiger partial charge in [0.1, 0.15) is 11.6 Å². The summed E-state index contributed by atoms with van der Waals surface area (Å²) in [5.74, 6) is 0.457. The summed E-state index contributed by atoms with van der Waals surface area (Å²) in [6, 6.07) is 12.8. The topological polar surface area (TPSA) is 62.7 Å². The highest BCUT2D eigenvalue weighted by molar-refractivity contribution is 5.85. The van der Waals surface area contributed by atoms with Crippen LogP contribution in [0.2, 0.25) is 0 Å². The summed E-state index contributed by atoms with van der Waals surface area (Å²) in [6.45, 7) is 3.41. The van der Waals surface area contributed by atoms with Crippen LogP contribution < -0.4 is 9.64 Å². The molecule has 5 nitrogen and oxygen atoms in total. The molecule has 0 saturated heterocycles. The van der Waals surface area contributed by atoms with Gasteiger partial charge in [0.05, 0.1) is 7.11 Å². The highest BCUT2D eigenvalue weighted by Crippen LogP contribution is 2.17. The summed E-state index contributed by atoms with van der Waals surface area (Å²) in [4.78, 5) is 17.2. The maximum Gasteiger partial charge on any atom is 0.354 e. The number of rotatable bonds is 6. The van der Waals surface area contributed by atoms with Gasteiger partial charge in [0.15, 0.2) is 5.69 Å². The summed E-state index contributed by atoms with van der Waals surface area (Å²) >= 11 is 0. The molecule has 0 spiro atoms. The number of carboxylic acids is 1. The molecule has 0 radical (unpaired) electrons. The van der Waals surface area contributed by atoms with E-state index in [-0.39, 0.29) is 5.69 Å². The predicted octanol–water partition coefficient (Wildman–Crippen LogP) is 2.81. The molecule has 0 atom stereocenters. The van der Waals surface area contributed by atoms with Crippen molar-refractivity contribution in [2.75, 3.05) is 18.6 Å². The van der Waals surface area contributed by atoms with E-state index in [1.807, 2.05) is 42.2 Å². The molecule has 0 bridgehead atoms. The van der Waals surface area contributed by atoms with E-state index in [2.05, 4.69) is 4.98 Å². The molecular formula is C16H18N2O3. The number of aromatic carboxylic acids is 1. The third kappa shape index (κ3) is 3.72. The van der Waals surface area contributed by atoms with E-state index in [9.17, 15) is 4.79 Å². The lowest BCUT2D eigenvalue weighted by Gasteiger charge is -2.22. The van der Waals surface area contributed by atoms with Crippen LogP contribution in [0.1, 0.15) is 23.0 Å². The Balaban J connectivity index is 2.18. The lowest BCUT2D eigenvalue weighted by atomic mass is 10.2. The number of aromatic nitrogens is 1. The number of hydrogen-bond donors (Lipinski definition) is 1. The van der Waals surface area contributed by atoms with Gasteiger partial charge in [-0.05, 0) is 36.8 Å². The van der Waals surface area contributed by atoms with Crippen LogP contribution in [0.5, 0.6) is 5.75 Å². The van der Waals surface area contributed by atoms with Crippen molar-refractivity contribution in [2.24, 2.45) is 0 Å². The number of hydrogen-bond acceptors (Lipinski definition) is 4. The molecule has 0 aliphatic rings. The molecule has 1 N–H and O–H groups in total. The van der Waals surface area contributed by atoms with Gasteiger partial charge in [-0.2, -0.15) is 0 Å². The van der Waals surface area contributed by atoms with Crippen LogP contribution in [-0.2, 0) is 6.54 Å². The van der Waals surface area contributed by atoms with Gasteiger partial charge in [-0.15, -0.1) is 0 Å². The van der Waals surface area contributed by atoms with Gasteiger partial charge in [0.25, 0.3) is 0 Å². The Morgan fingerprint density at radius 3 is 2.52 bits per heavy atom. The molecule has 0 fully saturated rings. The van der Waals surface area contributed by atoms with E-state index in [1.165, 1.54) is 6.07 Å². The van der Waals surface area contributed by atoms with Crippen LogP contribution in [-0.4, -0.2) is 29.7 Å². The molecule has 1 aromatic heterocycles. The van der Waals surface area contributed by atoms with Crippen molar-refractivity contribution in [2.45, 2.75) is 13.5 Å². The van der Waals surface area contributed by atoms with Crippen molar-refractivity contribution >= 4 is 11.8 Å². The number of carboxylic acid groups (broad SMARTS) is 1. The molecule has 1 aromatic carbocycles. The Hall–Kier alpha value is -2.56. The zero-order valence-corrected chi connectivity index (χ0v) is 12.1. The maximum absolute atomic E-state index is 11.0. The molecule has 0 saturated carbocycles. The Bertz CT molecular complexity index is 611. The van der Waals surface area contributed by atoms with Gasteiger partial charge in [0.2, 0.25) is 0 Å². The third-order valence-corrected chi connectivity index (χ3v) is 3.19. The van der Waals surface area contributed by atoms with Gasteiger partial charge in [-0.1, -0.05) is 18.2 Å². The average Bonchev–Trinajstić information content (AvgIpc) is 2.53. The third-order valence-electron chi connectivity index (χ3n) is 3.19. The summed E-state index contributed by atoms with van der Waals surface area (Å²) < 4.78 is 5.14. The Morgan fingerprint density at radius 2 is 1.95 bits per heavy atom. The van der Waals surface area contributed by atoms with Crippen LogP contribution >= 0.6 is 0 Å². The predicted molar refractivity (Wildman–Crippen MR) is 80.9 cm³/mol. The van der Waals surface area contributed by atoms with Crippen molar-refractivity contribution in [3.8, 4) is 5.75 Å². The minimum Gasteiger partial charge on any atom is -0.497 e. The van der Waals surface area contributed by atoms with E-state index in [4.69, 9.17) is 9.84 Å². The molecule has 21 heavy (non-hydrogen) atoms. The molecule has 110 valence electrons. The van der Waals surface area contributed by atoms with E-state index in [0.717, 1.165) is 17.9 Å². The number of nitrogens with zero attached hydrogens (tertiary/aromatic N) is 2. The molecule has 0 aliphatic carbocycles. The molecule has 1 heterocycles. The smallest absolute Gasteiger partial charge is 0.354 e. The van der Waals surface area contributed by atoms with Crippen LogP contribution in [0.15, 0.2) is 42.5 Å². The molecule has 2 rings (SSSR count). The Labute approximate surface area is 123 Å². The summed E-state index contributed by atoms with van der Waals surface area (Å²) in [6.07, 6.45) is 0. The fraction of sp³-hybridized carbons (Fsp3) is 0.250. The quantitative estimate of drug-likeness (QED) is 0.884. The van der Waals surface area contributed by atoms with Crippen molar-refractivity contribution in [3.63, 3.8) is 0 Å².